The van der Waals surface area contributed by atoms with Crippen molar-refractivity contribution < 1.29 is 19.1 Å². The van der Waals surface area contributed by atoms with Crippen molar-refractivity contribution in [1.29, 1.82) is 0 Å². The Morgan fingerprint density at radius 2 is 1.93 bits per heavy atom. The normalized spacial score (nSPS) is 16.3. The number of para-hydroxylation sites is 1. The Bertz CT molecular complexity index is 838. The van der Waals surface area contributed by atoms with Gasteiger partial charge in [0.15, 0.2) is 11.5 Å². The van der Waals surface area contributed by atoms with Crippen molar-refractivity contribution in [3.63, 3.8) is 0 Å². The van der Waals surface area contributed by atoms with Crippen LogP contribution in [0.3, 0.4) is 0 Å². The van der Waals surface area contributed by atoms with Gasteiger partial charge in [-0.15, -0.1) is 0 Å². The number of anilines is 1. The highest BCUT2D eigenvalue weighted by Gasteiger charge is 2.31. The first-order valence-corrected chi connectivity index (χ1v) is 8.96. The van der Waals surface area contributed by atoms with Gasteiger partial charge in [0.2, 0.25) is 5.91 Å². The summed E-state index contributed by atoms with van der Waals surface area (Å²) in [6.45, 7) is 0.949. The first kappa shape index (κ1) is 19.0. The number of benzene rings is 2. The van der Waals surface area contributed by atoms with Crippen molar-refractivity contribution >= 4 is 29.1 Å². The third-order valence-electron chi connectivity index (χ3n) is 4.54. The smallest absolute Gasteiger partial charge is 0.255 e. The van der Waals surface area contributed by atoms with Gasteiger partial charge in [-0.1, -0.05) is 17.7 Å². The van der Waals surface area contributed by atoms with Gasteiger partial charge in [0, 0.05) is 36.1 Å². The Morgan fingerprint density at radius 3 is 2.59 bits per heavy atom. The number of methoxy groups -OCH3 is 2. The predicted octanol–water partition coefficient (Wildman–Crippen LogP) is 3.14. The van der Waals surface area contributed by atoms with Gasteiger partial charge in [0.25, 0.3) is 5.91 Å². The predicted molar refractivity (Wildman–Crippen MR) is 104 cm³/mol. The molecule has 1 saturated heterocycles. The van der Waals surface area contributed by atoms with Gasteiger partial charge >= 0.3 is 0 Å². The lowest BCUT2D eigenvalue weighted by Gasteiger charge is -2.17. The van der Waals surface area contributed by atoms with E-state index in [9.17, 15) is 9.59 Å². The molecule has 0 saturated carbocycles. The van der Waals surface area contributed by atoms with Gasteiger partial charge in [-0.2, -0.15) is 0 Å². The Hall–Kier alpha value is -2.73. The summed E-state index contributed by atoms with van der Waals surface area (Å²) >= 11 is 5.90. The zero-order chi connectivity index (χ0) is 19.4. The monoisotopic (exact) mass is 388 g/mol. The molecule has 7 heteroatoms. The van der Waals surface area contributed by atoms with Crippen LogP contribution in [0.15, 0.2) is 42.5 Å². The molecule has 2 amide bonds. The molecule has 1 unspecified atom stereocenters. The minimum absolute atomic E-state index is 0.0359. The standard InChI is InChI=1S/C20H21ClN2O4/c1-26-17-5-3-4-16(19(17)27-2)20(25)22-11-13-10-18(24)23(12-13)15-8-6-14(21)7-9-15/h3-9,13H,10-12H2,1-2H3,(H,22,25). The fourth-order valence-corrected chi connectivity index (χ4v) is 3.31. The van der Waals surface area contributed by atoms with Crippen molar-refractivity contribution in [1.82, 2.24) is 5.32 Å². The van der Waals surface area contributed by atoms with E-state index in [0.29, 0.717) is 41.6 Å². The highest BCUT2D eigenvalue weighted by atomic mass is 35.5. The van der Waals surface area contributed by atoms with Gasteiger partial charge in [0.05, 0.1) is 19.8 Å². The molecule has 27 heavy (non-hydrogen) atoms. The Balaban J connectivity index is 1.63. The van der Waals surface area contributed by atoms with Crippen LogP contribution in [0.2, 0.25) is 5.02 Å². The van der Waals surface area contributed by atoms with E-state index in [0.717, 1.165) is 5.69 Å². The molecule has 2 aromatic carbocycles. The fourth-order valence-electron chi connectivity index (χ4n) is 3.19. The van der Waals surface area contributed by atoms with E-state index in [-0.39, 0.29) is 17.7 Å². The molecular weight excluding hydrogens is 368 g/mol. The van der Waals surface area contributed by atoms with Gasteiger partial charge < -0.3 is 19.7 Å². The third-order valence-corrected chi connectivity index (χ3v) is 4.79. The maximum Gasteiger partial charge on any atom is 0.255 e. The molecule has 3 rings (SSSR count). The number of hydrogen-bond donors (Lipinski definition) is 1. The summed E-state index contributed by atoms with van der Waals surface area (Å²) in [6, 6.07) is 12.3. The van der Waals surface area contributed by atoms with Crippen LogP contribution in [0.5, 0.6) is 11.5 Å². The SMILES string of the molecule is COc1cccc(C(=O)NCC2CC(=O)N(c3ccc(Cl)cc3)C2)c1OC. The summed E-state index contributed by atoms with van der Waals surface area (Å²) in [7, 11) is 3.02. The zero-order valence-electron chi connectivity index (χ0n) is 15.2. The minimum Gasteiger partial charge on any atom is -0.493 e. The topological polar surface area (TPSA) is 67.9 Å². The Labute approximate surface area is 163 Å². The number of carbonyl (C=O) groups is 2. The minimum atomic E-state index is -0.261. The lowest BCUT2D eigenvalue weighted by molar-refractivity contribution is -0.117. The summed E-state index contributed by atoms with van der Waals surface area (Å²) in [6.07, 6.45) is 0.387. The molecule has 1 N–H and O–H groups in total. The van der Waals surface area contributed by atoms with Crippen LogP contribution in [0, 0.1) is 5.92 Å². The third kappa shape index (κ3) is 4.17. The van der Waals surface area contributed by atoms with Crippen molar-refractivity contribution in [2.24, 2.45) is 5.92 Å². The lowest BCUT2D eigenvalue weighted by atomic mass is 10.1. The van der Waals surface area contributed by atoms with Crippen LogP contribution in [0.25, 0.3) is 0 Å². The first-order valence-electron chi connectivity index (χ1n) is 8.58. The molecule has 6 nitrogen and oxygen atoms in total. The molecule has 0 bridgehead atoms. The summed E-state index contributed by atoms with van der Waals surface area (Å²) in [5, 5.41) is 3.52. The van der Waals surface area contributed by atoms with E-state index < -0.39 is 0 Å². The first-order chi connectivity index (χ1) is 13.0. The van der Waals surface area contributed by atoms with E-state index in [1.54, 1.807) is 35.2 Å². The molecule has 0 aromatic heterocycles. The molecule has 1 fully saturated rings. The van der Waals surface area contributed by atoms with Crippen LogP contribution in [0.4, 0.5) is 5.69 Å². The maximum atomic E-state index is 12.6. The second kappa shape index (κ2) is 8.31. The van der Waals surface area contributed by atoms with Crippen LogP contribution in [-0.4, -0.2) is 39.1 Å². The average Bonchev–Trinajstić information content (AvgIpc) is 3.06. The zero-order valence-corrected chi connectivity index (χ0v) is 16.0. The molecule has 1 atom stereocenters. The number of nitrogens with one attached hydrogen (secondary N) is 1. The van der Waals surface area contributed by atoms with Gasteiger partial charge in [0.1, 0.15) is 0 Å². The van der Waals surface area contributed by atoms with Crippen LogP contribution in [0.1, 0.15) is 16.8 Å². The molecule has 1 aliphatic heterocycles. The van der Waals surface area contributed by atoms with Crippen LogP contribution < -0.4 is 19.7 Å². The number of hydrogen-bond acceptors (Lipinski definition) is 4. The largest absolute Gasteiger partial charge is 0.493 e. The van der Waals surface area contributed by atoms with E-state index >= 15 is 0 Å². The van der Waals surface area contributed by atoms with E-state index in [1.165, 1.54) is 14.2 Å². The van der Waals surface area contributed by atoms with E-state index in [4.69, 9.17) is 21.1 Å². The summed E-state index contributed by atoms with van der Waals surface area (Å²) in [5.74, 6) is 0.699. The summed E-state index contributed by atoms with van der Waals surface area (Å²) in [4.78, 5) is 26.6. The fraction of sp³-hybridized carbons (Fsp3) is 0.300. The number of carbonyl (C=O) groups excluding carboxylic acids is 2. The molecule has 1 heterocycles. The summed E-state index contributed by atoms with van der Waals surface area (Å²) < 4.78 is 10.5. The molecule has 142 valence electrons. The second-order valence-electron chi connectivity index (χ2n) is 6.30. The highest BCUT2D eigenvalue weighted by Crippen LogP contribution is 2.31. The molecule has 0 spiro atoms. The number of nitrogens with zero attached hydrogens (tertiary/aromatic N) is 1. The van der Waals surface area contributed by atoms with Crippen LogP contribution >= 0.6 is 11.6 Å². The van der Waals surface area contributed by atoms with E-state index in [2.05, 4.69) is 5.32 Å². The Morgan fingerprint density at radius 1 is 1.19 bits per heavy atom. The van der Waals surface area contributed by atoms with Crippen molar-refractivity contribution in [2.45, 2.75) is 6.42 Å². The van der Waals surface area contributed by atoms with Crippen molar-refractivity contribution in [3.8, 4) is 11.5 Å². The number of amides is 2. The summed E-state index contributed by atoms with van der Waals surface area (Å²) in [5.41, 5.74) is 1.21. The van der Waals surface area contributed by atoms with Gasteiger partial charge in [-0.25, -0.2) is 0 Å². The number of halogens is 1. The van der Waals surface area contributed by atoms with Gasteiger partial charge in [-0.05, 0) is 36.4 Å². The number of ether oxygens (including phenoxy) is 2. The Kier molecular flexibility index (Phi) is 5.86. The maximum absolute atomic E-state index is 12.6. The lowest BCUT2D eigenvalue weighted by Crippen LogP contribution is -2.31. The average molecular weight is 389 g/mol. The second-order valence-corrected chi connectivity index (χ2v) is 6.74. The van der Waals surface area contributed by atoms with Gasteiger partial charge in [-0.3, -0.25) is 9.59 Å². The quantitative estimate of drug-likeness (QED) is 0.825. The molecule has 2 aromatic rings. The molecule has 1 aliphatic rings. The molecule has 0 aliphatic carbocycles. The number of rotatable bonds is 6. The highest BCUT2D eigenvalue weighted by molar-refractivity contribution is 6.30. The molecule has 0 radical (unpaired) electrons. The van der Waals surface area contributed by atoms with Crippen LogP contribution in [-0.2, 0) is 4.79 Å². The molecular formula is C20H21ClN2O4. The van der Waals surface area contributed by atoms with Crippen molar-refractivity contribution in [2.75, 3.05) is 32.2 Å². The van der Waals surface area contributed by atoms with Crippen molar-refractivity contribution in [3.05, 3.63) is 53.1 Å². The van der Waals surface area contributed by atoms with E-state index in [1.807, 2.05) is 12.1 Å².